The molecule has 0 aliphatic rings. The van der Waals surface area contributed by atoms with E-state index in [1.807, 2.05) is 6.92 Å². The Kier molecular flexibility index (Phi) is 2.43. The molecule has 0 aromatic carbocycles. The Balaban J connectivity index is 3.91. The molecule has 0 aliphatic heterocycles. The smallest absolute Gasteiger partial charge is 0.0648 e. The van der Waals surface area contributed by atoms with E-state index in [-0.39, 0.29) is 6.42 Å². The topological polar surface area (TPSA) is 29.5 Å². The van der Waals surface area contributed by atoms with Crippen LogP contribution in [0.4, 0.5) is 0 Å². The van der Waals surface area contributed by atoms with Gasteiger partial charge in [0.15, 0.2) is 0 Å². The summed E-state index contributed by atoms with van der Waals surface area (Å²) in [6, 6.07) is 0. The maximum absolute atomic E-state index is 8.83. The number of rotatable bonds is 4. The first kappa shape index (κ1) is 5.69. The molecule has 0 unspecified atom stereocenters. The standard InChI is InChI=1S/C7H16O2/c1-4-9-7(2,3)5-6-8/h8H,4-6H2,1-3H3/i6D2. The maximum atomic E-state index is 8.83. The van der Waals surface area contributed by atoms with Crippen molar-refractivity contribution in [1.29, 1.82) is 0 Å². The molecule has 0 aliphatic carbocycles. The SMILES string of the molecule is [2H]C([2H])(O)CC(C)(C)OCC. The highest BCUT2D eigenvalue weighted by Crippen LogP contribution is 2.12. The van der Waals surface area contributed by atoms with Crippen LogP contribution in [0.25, 0.3) is 0 Å². The Labute approximate surface area is 59.6 Å². The Morgan fingerprint density at radius 1 is 1.67 bits per heavy atom. The Morgan fingerprint density at radius 2 is 2.22 bits per heavy atom. The summed E-state index contributed by atoms with van der Waals surface area (Å²) >= 11 is 0. The Bertz CT molecular complexity index is 118. The van der Waals surface area contributed by atoms with Gasteiger partial charge in [0.25, 0.3) is 0 Å². The lowest BCUT2D eigenvalue weighted by Gasteiger charge is -2.22. The van der Waals surface area contributed by atoms with Gasteiger partial charge in [0.05, 0.1) is 8.34 Å². The van der Waals surface area contributed by atoms with Crippen molar-refractivity contribution in [2.45, 2.75) is 32.8 Å². The molecule has 0 rings (SSSR count). The van der Waals surface area contributed by atoms with Crippen LogP contribution >= 0.6 is 0 Å². The lowest BCUT2D eigenvalue weighted by Crippen LogP contribution is -2.25. The molecule has 0 spiro atoms. The zero-order chi connectivity index (χ0) is 9.12. The lowest BCUT2D eigenvalue weighted by molar-refractivity contribution is -0.0258. The van der Waals surface area contributed by atoms with Crippen LogP contribution in [0.3, 0.4) is 0 Å². The minimum atomic E-state index is -2.14. The van der Waals surface area contributed by atoms with Crippen molar-refractivity contribution in [2.75, 3.05) is 13.2 Å². The highest BCUT2D eigenvalue weighted by molar-refractivity contribution is 4.66. The molecule has 0 aromatic rings. The van der Waals surface area contributed by atoms with Crippen molar-refractivity contribution < 1.29 is 12.6 Å². The highest BCUT2D eigenvalue weighted by Gasteiger charge is 2.15. The van der Waals surface area contributed by atoms with Gasteiger partial charge in [-0.2, -0.15) is 0 Å². The zero-order valence-corrected chi connectivity index (χ0v) is 6.27. The molecule has 0 atom stereocenters. The number of hydrogen-bond acceptors (Lipinski definition) is 2. The van der Waals surface area contributed by atoms with E-state index in [9.17, 15) is 0 Å². The summed E-state index contributed by atoms with van der Waals surface area (Å²) in [6.07, 6.45) is -0.00611. The summed E-state index contributed by atoms with van der Waals surface area (Å²) in [6.45, 7) is 3.74. The van der Waals surface area contributed by atoms with Crippen molar-refractivity contribution in [2.24, 2.45) is 0 Å². The fourth-order valence-corrected chi connectivity index (χ4v) is 0.632. The minimum Gasteiger partial charge on any atom is -0.396 e. The van der Waals surface area contributed by atoms with E-state index in [1.54, 1.807) is 13.8 Å². The molecule has 0 saturated heterocycles. The molecule has 2 heteroatoms. The molecule has 56 valence electrons. The van der Waals surface area contributed by atoms with Gasteiger partial charge in [0, 0.05) is 13.2 Å². The quantitative estimate of drug-likeness (QED) is 0.625. The molecule has 0 radical (unpaired) electrons. The molecule has 0 fully saturated rings. The molecule has 1 N–H and O–H groups in total. The predicted octanol–water partition coefficient (Wildman–Crippen LogP) is 1.18. The molecule has 0 amide bonds. The van der Waals surface area contributed by atoms with Crippen molar-refractivity contribution in [1.82, 2.24) is 0 Å². The third kappa shape index (κ3) is 4.43. The average Bonchev–Trinajstić information content (AvgIpc) is 1.55. The first-order valence-electron chi connectivity index (χ1n) is 4.13. The molecule has 2 nitrogen and oxygen atoms in total. The van der Waals surface area contributed by atoms with Crippen LogP contribution in [0.15, 0.2) is 0 Å². The summed E-state index contributed by atoms with van der Waals surface area (Å²) in [5.74, 6) is 0. The van der Waals surface area contributed by atoms with E-state index in [0.29, 0.717) is 6.61 Å². The van der Waals surface area contributed by atoms with Crippen LogP contribution in [0.1, 0.15) is 29.9 Å². The van der Waals surface area contributed by atoms with Crippen molar-refractivity contribution in [3.05, 3.63) is 0 Å². The molecule has 0 heterocycles. The molecule has 9 heavy (non-hydrogen) atoms. The van der Waals surface area contributed by atoms with Gasteiger partial charge < -0.3 is 9.84 Å². The van der Waals surface area contributed by atoms with E-state index in [2.05, 4.69) is 0 Å². The summed E-state index contributed by atoms with van der Waals surface area (Å²) in [7, 11) is 0. The second-order valence-corrected chi connectivity index (χ2v) is 2.53. The Hall–Kier alpha value is -0.0800. The lowest BCUT2D eigenvalue weighted by atomic mass is 10.1. The van der Waals surface area contributed by atoms with Gasteiger partial charge in [0.1, 0.15) is 0 Å². The fourth-order valence-electron chi connectivity index (χ4n) is 0.632. The summed E-state index contributed by atoms with van der Waals surface area (Å²) in [5.41, 5.74) is -0.590. The van der Waals surface area contributed by atoms with Gasteiger partial charge in [-0.1, -0.05) is 0 Å². The Morgan fingerprint density at radius 3 is 2.56 bits per heavy atom. The zero-order valence-electron chi connectivity index (χ0n) is 8.27. The number of hydrogen-bond donors (Lipinski definition) is 1. The number of ether oxygens (including phenoxy) is 1. The van der Waals surface area contributed by atoms with Crippen molar-refractivity contribution in [3.8, 4) is 0 Å². The van der Waals surface area contributed by atoms with Gasteiger partial charge in [-0.05, 0) is 27.2 Å². The summed E-state index contributed by atoms with van der Waals surface area (Å²) < 4.78 is 19.0. The third-order valence-corrected chi connectivity index (χ3v) is 1.04. The summed E-state index contributed by atoms with van der Waals surface area (Å²) in [4.78, 5) is 0. The monoisotopic (exact) mass is 134 g/mol. The maximum Gasteiger partial charge on any atom is 0.0648 e. The second-order valence-electron chi connectivity index (χ2n) is 2.53. The van der Waals surface area contributed by atoms with Crippen LogP contribution < -0.4 is 0 Å². The molecular formula is C7H16O2. The first-order chi connectivity index (χ1) is 4.77. The largest absolute Gasteiger partial charge is 0.396 e. The van der Waals surface area contributed by atoms with Crippen LogP contribution in [0.5, 0.6) is 0 Å². The molecule has 0 bridgehead atoms. The third-order valence-electron chi connectivity index (χ3n) is 1.04. The van der Waals surface area contributed by atoms with Gasteiger partial charge in [0.2, 0.25) is 0 Å². The molecule has 0 saturated carbocycles. The van der Waals surface area contributed by atoms with E-state index < -0.39 is 12.2 Å². The highest BCUT2D eigenvalue weighted by atomic mass is 16.5. The minimum absolute atomic E-state index is 0.00611. The average molecular weight is 134 g/mol. The van der Waals surface area contributed by atoms with E-state index >= 15 is 0 Å². The van der Waals surface area contributed by atoms with E-state index in [0.717, 1.165) is 0 Å². The van der Waals surface area contributed by atoms with Crippen LogP contribution in [0, 0.1) is 0 Å². The first-order valence-corrected chi connectivity index (χ1v) is 3.13. The van der Waals surface area contributed by atoms with Crippen LogP contribution in [-0.4, -0.2) is 23.9 Å². The van der Waals surface area contributed by atoms with Crippen molar-refractivity contribution >= 4 is 0 Å². The fraction of sp³-hybridized carbons (Fsp3) is 1.00. The van der Waals surface area contributed by atoms with Gasteiger partial charge in [-0.3, -0.25) is 0 Å². The van der Waals surface area contributed by atoms with E-state index in [1.165, 1.54) is 0 Å². The van der Waals surface area contributed by atoms with Gasteiger partial charge >= 0.3 is 0 Å². The number of aliphatic hydroxyl groups is 1. The van der Waals surface area contributed by atoms with Crippen LogP contribution in [-0.2, 0) is 4.74 Å². The predicted molar refractivity (Wildman–Crippen MR) is 37.4 cm³/mol. The molecule has 0 aromatic heterocycles. The normalized spacial score (nSPS) is 16.9. The molecular weight excluding hydrogens is 116 g/mol. The second kappa shape index (κ2) is 3.85. The van der Waals surface area contributed by atoms with Gasteiger partial charge in [-0.25, -0.2) is 0 Å². The van der Waals surface area contributed by atoms with Crippen molar-refractivity contribution in [3.63, 3.8) is 0 Å². The van der Waals surface area contributed by atoms with E-state index in [4.69, 9.17) is 12.6 Å². The van der Waals surface area contributed by atoms with Crippen LogP contribution in [0.2, 0.25) is 0 Å². The van der Waals surface area contributed by atoms with Gasteiger partial charge in [-0.15, -0.1) is 0 Å². The summed E-state index contributed by atoms with van der Waals surface area (Å²) in [5, 5.41) is 8.83.